The molecule has 7 heteroatoms. The minimum absolute atomic E-state index is 0.0170. The molecule has 0 unspecified atom stereocenters. The number of hydrogen-bond acceptors (Lipinski definition) is 5. The smallest absolute Gasteiger partial charge is 0.168 e. The molecule has 0 saturated carbocycles. The van der Waals surface area contributed by atoms with Crippen molar-refractivity contribution in [2.45, 2.75) is 16.3 Å². The molecule has 0 fully saturated rings. The van der Waals surface area contributed by atoms with Crippen molar-refractivity contribution in [1.29, 1.82) is 0 Å². The van der Waals surface area contributed by atoms with Crippen LogP contribution in [0, 0.1) is 11.6 Å². The number of pyridine rings is 1. The summed E-state index contributed by atoms with van der Waals surface area (Å²) in [7, 11) is 0. The van der Waals surface area contributed by atoms with Gasteiger partial charge in [0.25, 0.3) is 0 Å². The van der Waals surface area contributed by atoms with E-state index < -0.39 is 11.6 Å². The lowest BCUT2D eigenvalue weighted by molar-refractivity contribution is 0.297. The lowest BCUT2D eigenvalue weighted by atomic mass is 10.3. The minimum Gasteiger partial charge on any atom is -0.490 e. The van der Waals surface area contributed by atoms with Gasteiger partial charge in [-0.2, -0.15) is 0 Å². The first-order chi connectivity index (χ1) is 10.1. The number of nitrogen functional groups attached to an aromatic ring is 1. The number of fused-ring (bicyclic) bond motifs is 1. The number of rotatable bonds is 2. The molecule has 0 bridgehead atoms. The van der Waals surface area contributed by atoms with E-state index in [1.54, 1.807) is 18.2 Å². The van der Waals surface area contributed by atoms with Gasteiger partial charge in [-0.15, -0.1) is 0 Å². The zero-order valence-electron chi connectivity index (χ0n) is 10.9. The molecule has 1 aliphatic heterocycles. The van der Waals surface area contributed by atoms with Gasteiger partial charge < -0.3 is 15.2 Å². The zero-order chi connectivity index (χ0) is 14.8. The summed E-state index contributed by atoms with van der Waals surface area (Å²) in [6, 6.07) is 5.99. The van der Waals surface area contributed by atoms with Crippen molar-refractivity contribution in [3.8, 4) is 11.5 Å². The molecule has 4 nitrogen and oxygen atoms in total. The number of nitrogens with two attached hydrogens (primary N) is 1. The van der Waals surface area contributed by atoms with E-state index in [0.717, 1.165) is 24.2 Å². The molecule has 0 atom stereocenters. The van der Waals surface area contributed by atoms with Gasteiger partial charge in [-0.1, -0.05) is 11.8 Å². The van der Waals surface area contributed by atoms with Crippen LogP contribution in [0.3, 0.4) is 0 Å². The fourth-order valence-corrected chi connectivity index (χ4v) is 2.68. The topological polar surface area (TPSA) is 57.4 Å². The number of anilines is 1. The van der Waals surface area contributed by atoms with Crippen molar-refractivity contribution < 1.29 is 18.3 Å². The Bertz CT molecular complexity index is 682. The molecule has 3 rings (SSSR count). The number of nitrogens with zero attached hydrogens (tertiary/aromatic N) is 1. The first kappa shape index (κ1) is 13.9. The van der Waals surface area contributed by atoms with E-state index in [2.05, 4.69) is 4.98 Å². The summed E-state index contributed by atoms with van der Waals surface area (Å²) in [4.78, 5) is 4.42. The highest BCUT2D eigenvalue weighted by atomic mass is 32.2. The Hall–Kier alpha value is -2.02. The molecule has 1 aromatic heterocycles. The van der Waals surface area contributed by atoms with Gasteiger partial charge in [-0.05, 0) is 18.2 Å². The van der Waals surface area contributed by atoms with Crippen LogP contribution < -0.4 is 15.2 Å². The molecule has 0 radical (unpaired) electrons. The largest absolute Gasteiger partial charge is 0.490 e. The summed E-state index contributed by atoms with van der Waals surface area (Å²) in [5.41, 5.74) is 5.36. The van der Waals surface area contributed by atoms with E-state index in [-0.39, 0.29) is 10.8 Å². The van der Waals surface area contributed by atoms with E-state index in [4.69, 9.17) is 15.2 Å². The molecule has 0 amide bonds. The van der Waals surface area contributed by atoms with Gasteiger partial charge in [0.15, 0.2) is 29.0 Å². The van der Waals surface area contributed by atoms with Crippen LogP contribution >= 0.6 is 11.8 Å². The molecule has 110 valence electrons. The maximum atomic E-state index is 13.7. The molecule has 0 spiro atoms. The maximum absolute atomic E-state index is 13.7. The Morgan fingerprint density at radius 3 is 2.62 bits per heavy atom. The molecule has 1 aromatic carbocycles. The summed E-state index contributed by atoms with van der Waals surface area (Å²) in [5, 5.41) is 0.0170. The zero-order valence-corrected chi connectivity index (χ0v) is 11.8. The van der Waals surface area contributed by atoms with Crippen LogP contribution in [0.2, 0.25) is 0 Å². The monoisotopic (exact) mass is 310 g/mol. The van der Waals surface area contributed by atoms with E-state index in [1.165, 1.54) is 0 Å². The predicted molar refractivity (Wildman–Crippen MR) is 74.7 cm³/mol. The van der Waals surface area contributed by atoms with Crippen LogP contribution in [0.4, 0.5) is 14.6 Å². The van der Waals surface area contributed by atoms with Crippen LogP contribution in [0.15, 0.2) is 34.2 Å². The first-order valence-electron chi connectivity index (χ1n) is 6.32. The number of ether oxygens (including phenoxy) is 2. The first-order valence-corrected chi connectivity index (χ1v) is 7.14. The Labute approximate surface area is 124 Å². The lowest BCUT2D eigenvalue weighted by Crippen LogP contribution is -1.99. The molecule has 2 aromatic rings. The van der Waals surface area contributed by atoms with Crippen molar-refractivity contribution in [2.24, 2.45) is 0 Å². The third-order valence-corrected chi connectivity index (χ3v) is 3.83. The summed E-state index contributed by atoms with van der Waals surface area (Å²) >= 11 is 1.05. The van der Waals surface area contributed by atoms with Crippen LogP contribution in [0.25, 0.3) is 0 Å². The van der Waals surface area contributed by atoms with Crippen LogP contribution in [0.5, 0.6) is 11.5 Å². The number of benzene rings is 1. The highest BCUT2D eigenvalue weighted by Gasteiger charge is 2.14. The van der Waals surface area contributed by atoms with Crippen molar-refractivity contribution in [2.75, 3.05) is 18.9 Å². The highest BCUT2D eigenvalue weighted by Crippen LogP contribution is 2.37. The Balaban J connectivity index is 1.88. The van der Waals surface area contributed by atoms with E-state index in [1.807, 2.05) is 0 Å². The Kier molecular flexibility index (Phi) is 3.83. The number of halogens is 2. The number of hydrogen-bond donors (Lipinski definition) is 1. The third-order valence-electron chi connectivity index (χ3n) is 2.86. The second-order valence-corrected chi connectivity index (χ2v) is 5.47. The maximum Gasteiger partial charge on any atom is 0.168 e. The molecule has 2 N–H and O–H groups in total. The van der Waals surface area contributed by atoms with Crippen molar-refractivity contribution in [1.82, 2.24) is 4.98 Å². The standard InChI is InChI=1S/C14H12F2N2O2S/c15-9-7-10(16)14(18-13(9)17)21-8-2-3-11-12(6-8)20-5-1-4-19-11/h2-3,6-7H,1,4-5H2,(H2,17,18). The second-order valence-electron chi connectivity index (χ2n) is 4.40. The minimum atomic E-state index is -0.865. The Morgan fingerprint density at radius 2 is 1.81 bits per heavy atom. The second kappa shape index (κ2) is 5.77. The summed E-state index contributed by atoms with van der Waals surface area (Å²) in [6.45, 7) is 1.17. The van der Waals surface area contributed by atoms with E-state index >= 15 is 0 Å². The number of aromatic nitrogens is 1. The van der Waals surface area contributed by atoms with Crippen molar-refractivity contribution in [3.05, 3.63) is 35.9 Å². The van der Waals surface area contributed by atoms with Gasteiger partial charge in [0.1, 0.15) is 5.03 Å². The predicted octanol–water partition coefficient (Wildman–Crippen LogP) is 3.25. The van der Waals surface area contributed by atoms with Crippen LogP contribution in [-0.4, -0.2) is 18.2 Å². The van der Waals surface area contributed by atoms with Crippen LogP contribution in [0.1, 0.15) is 6.42 Å². The molecular formula is C14H12F2N2O2S. The van der Waals surface area contributed by atoms with Crippen LogP contribution in [-0.2, 0) is 0 Å². The molecule has 21 heavy (non-hydrogen) atoms. The van der Waals surface area contributed by atoms with Crippen molar-refractivity contribution in [3.63, 3.8) is 0 Å². The molecule has 0 aliphatic carbocycles. The lowest BCUT2D eigenvalue weighted by Gasteiger charge is -2.09. The average Bonchev–Trinajstić information content (AvgIpc) is 2.69. The highest BCUT2D eigenvalue weighted by molar-refractivity contribution is 7.99. The van der Waals surface area contributed by atoms with Gasteiger partial charge in [0.2, 0.25) is 0 Å². The van der Waals surface area contributed by atoms with E-state index in [9.17, 15) is 8.78 Å². The fraction of sp³-hybridized carbons (Fsp3) is 0.214. The van der Waals surface area contributed by atoms with Gasteiger partial charge in [0, 0.05) is 17.4 Å². The Morgan fingerprint density at radius 1 is 1.05 bits per heavy atom. The quantitative estimate of drug-likeness (QED) is 0.922. The summed E-state index contributed by atoms with van der Waals surface area (Å²) in [5.74, 6) is -0.681. The van der Waals surface area contributed by atoms with Crippen molar-refractivity contribution >= 4 is 17.6 Å². The average molecular weight is 310 g/mol. The molecule has 0 saturated heterocycles. The normalized spacial score (nSPS) is 13.8. The van der Waals surface area contributed by atoms with Gasteiger partial charge in [-0.25, -0.2) is 13.8 Å². The van der Waals surface area contributed by atoms with Gasteiger partial charge in [-0.3, -0.25) is 0 Å². The van der Waals surface area contributed by atoms with Gasteiger partial charge >= 0.3 is 0 Å². The summed E-state index contributed by atoms with van der Waals surface area (Å²) in [6.07, 6.45) is 0.807. The fourth-order valence-electron chi connectivity index (χ4n) is 1.85. The molecule has 2 heterocycles. The molecular weight excluding hydrogens is 298 g/mol. The SMILES string of the molecule is Nc1nc(Sc2ccc3c(c2)OCCCO3)c(F)cc1F. The van der Waals surface area contributed by atoms with Gasteiger partial charge in [0.05, 0.1) is 13.2 Å². The molecule has 1 aliphatic rings. The third kappa shape index (κ3) is 3.02. The summed E-state index contributed by atoms with van der Waals surface area (Å²) < 4.78 is 37.9. The van der Waals surface area contributed by atoms with E-state index in [0.29, 0.717) is 29.6 Å².